The molecule has 6 heteroatoms. The summed E-state index contributed by atoms with van der Waals surface area (Å²) in [6, 6.07) is 0.591. The molecule has 1 aromatic rings. The lowest BCUT2D eigenvalue weighted by Gasteiger charge is -2.36. The fourth-order valence-corrected chi connectivity index (χ4v) is 4.00. The molecule has 1 aliphatic carbocycles. The minimum atomic E-state index is 0.106. The van der Waals surface area contributed by atoms with Gasteiger partial charge in [-0.2, -0.15) is 5.10 Å². The highest BCUT2D eigenvalue weighted by Crippen LogP contribution is 2.32. The van der Waals surface area contributed by atoms with Gasteiger partial charge in [0.25, 0.3) is 0 Å². The van der Waals surface area contributed by atoms with Gasteiger partial charge in [0.15, 0.2) is 0 Å². The Bertz CT molecular complexity index is 527. The molecule has 2 saturated heterocycles. The van der Waals surface area contributed by atoms with Crippen molar-refractivity contribution in [3.8, 4) is 0 Å². The maximum atomic E-state index is 12.8. The molecule has 6 nitrogen and oxygen atoms in total. The minimum absolute atomic E-state index is 0.106. The van der Waals surface area contributed by atoms with Crippen molar-refractivity contribution < 1.29 is 4.79 Å². The number of urea groups is 1. The lowest BCUT2D eigenvalue weighted by Crippen LogP contribution is -2.48. The SMILES string of the molecule is O=C(N[C@@H]1CCN(CC2CC2)C1)N1CCCC[C@H]1c1cn[nH]c1. The fraction of sp³-hybridized carbons (Fsp3) is 0.765. The van der Waals surface area contributed by atoms with E-state index in [1.54, 1.807) is 0 Å². The molecule has 0 radical (unpaired) electrons. The van der Waals surface area contributed by atoms with Crippen LogP contribution in [0.4, 0.5) is 4.79 Å². The van der Waals surface area contributed by atoms with Gasteiger partial charge in [0.05, 0.1) is 12.2 Å². The molecule has 0 bridgehead atoms. The van der Waals surface area contributed by atoms with Crippen LogP contribution in [-0.2, 0) is 0 Å². The predicted octanol–water partition coefficient (Wildman–Crippen LogP) is 2.13. The lowest BCUT2D eigenvalue weighted by molar-refractivity contribution is 0.148. The van der Waals surface area contributed by atoms with Gasteiger partial charge in [-0.15, -0.1) is 0 Å². The van der Waals surface area contributed by atoms with Crippen molar-refractivity contribution >= 4 is 6.03 Å². The Morgan fingerprint density at radius 2 is 2.17 bits per heavy atom. The van der Waals surface area contributed by atoms with Crippen LogP contribution in [-0.4, -0.2) is 58.2 Å². The molecule has 0 spiro atoms. The zero-order chi connectivity index (χ0) is 15.6. The Labute approximate surface area is 137 Å². The highest BCUT2D eigenvalue weighted by atomic mass is 16.2. The minimum Gasteiger partial charge on any atom is -0.334 e. The Hall–Kier alpha value is -1.56. The molecule has 2 amide bonds. The number of hydrogen-bond donors (Lipinski definition) is 2. The number of nitrogens with one attached hydrogen (secondary N) is 2. The molecule has 2 aliphatic heterocycles. The third kappa shape index (κ3) is 3.52. The number of aromatic amines is 1. The number of nitrogens with zero attached hydrogens (tertiary/aromatic N) is 3. The van der Waals surface area contributed by atoms with E-state index in [1.165, 1.54) is 25.8 Å². The monoisotopic (exact) mass is 317 g/mol. The number of carbonyl (C=O) groups is 1. The first-order valence-corrected chi connectivity index (χ1v) is 9.08. The van der Waals surface area contributed by atoms with Crippen molar-refractivity contribution in [1.82, 2.24) is 25.3 Å². The van der Waals surface area contributed by atoms with Crippen LogP contribution in [0, 0.1) is 5.92 Å². The van der Waals surface area contributed by atoms with E-state index in [9.17, 15) is 4.79 Å². The third-order valence-electron chi connectivity index (χ3n) is 5.48. The summed E-state index contributed by atoms with van der Waals surface area (Å²) in [5, 5.41) is 10.2. The van der Waals surface area contributed by atoms with Crippen LogP contribution in [0.2, 0.25) is 0 Å². The van der Waals surface area contributed by atoms with Gasteiger partial charge in [0.1, 0.15) is 0 Å². The Balaban J connectivity index is 1.34. The maximum Gasteiger partial charge on any atom is 0.318 e. The normalized spacial score (nSPS) is 29.0. The van der Waals surface area contributed by atoms with Crippen molar-refractivity contribution in [3.63, 3.8) is 0 Å². The number of rotatable bonds is 4. The number of carbonyl (C=O) groups excluding carboxylic acids is 1. The molecule has 0 aromatic carbocycles. The molecule has 3 heterocycles. The smallest absolute Gasteiger partial charge is 0.318 e. The molecule has 2 atom stereocenters. The van der Waals surface area contributed by atoms with Gasteiger partial charge in [-0.25, -0.2) is 4.79 Å². The molecule has 1 aromatic heterocycles. The molecule has 3 fully saturated rings. The van der Waals surface area contributed by atoms with E-state index in [0.29, 0.717) is 6.04 Å². The van der Waals surface area contributed by atoms with Crippen LogP contribution in [0.3, 0.4) is 0 Å². The zero-order valence-corrected chi connectivity index (χ0v) is 13.7. The number of aromatic nitrogens is 2. The summed E-state index contributed by atoms with van der Waals surface area (Å²) < 4.78 is 0. The van der Waals surface area contributed by atoms with Crippen molar-refractivity contribution in [2.45, 2.75) is 50.6 Å². The second kappa shape index (κ2) is 6.51. The predicted molar refractivity (Wildman–Crippen MR) is 88.0 cm³/mol. The van der Waals surface area contributed by atoms with Gasteiger partial charge >= 0.3 is 6.03 Å². The van der Waals surface area contributed by atoms with E-state index in [1.807, 2.05) is 17.3 Å². The molecular formula is C17H27N5O. The number of amides is 2. The van der Waals surface area contributed by atoms with Gasteiger partial charge in [0, 0.05) is 44.0 Å². The molecule has 126 valence electrons. The summed E-state index contributed by atoms with van der Waals surface area (Å²) in [6.45, 7) is 4.23. The molecule has 1 saturated carbocycles. The van der Waals surface area contributed by atoms with E-state index in [2.05, 4.69) is 20.4 Å². The summed E-state index contributed by atoms with van der Waals surface area (Å²) in [5.74, 6) is 0.928. The lowest BCUT2D eigenvalue weighted by atomic mass is 9.98. The summed E-state index contributed by atoms with van der Waals surface area (Å²) in [7, 11) is 0. The van der Waals surface area contributed by atoms with E-state index in [0.717, 1.165) is 50.4 Å². The number of hydrogen-bond acceptors (Lipinski definition) is 3. The Morgan fingerprint density at radius 1 is 1.26 bits per heavy atom. The number of piperidine rings is 1. The average Bonchev–Trinajstić information content (AvgIpc) is 3.03. The van der Waals surface area contributed by atoms with Gasteiger partial charge in [-0.3, -0.25) is 5.10 Å². The summed E-state index contributed by atoms with van der Waals surface area (Å²) >= 11 is 0. The highest BCUT2D eigenvalue weighted by Gasteiger charge is 2.33. The Kier molecular flexibility index (Phi) is 4.25. The van der Waals surface area contributed by atoms with Crippen molar-refractivity contribution in [2.24, 2.45) is 5.92 Å². The first-order valence-electron chi connectivity index (χ1n) is 9.08. The van der Waals surface area contributed by atoms with Crippen molar-refractivity contribution in [2.75, 3.05) is 26.2 Å². The first kappa shape index (κ1) is 15.0. The number of likely N-dealkylation sites (tertiary alicyclic amines) is 2. The summed E-state index contributed by atoms with van der Waals surface area (Å²) in [5.41, 5.74) is 1.13. The molecule has 23 heavy (non-hydrogen) atoms. The zero-order valence-electron chi connectivity index (χ0n) is 13.7. The van der Waals surface area contributed by atoms with E-state index >= 15 is 0 Å². The number of H-pyrrole nitrogens is 1. The van der Waals surface area contributed by atoms with Crippen LogP contribution in [0.1, 0.15) is 50.1 Å². The van der Waals surface area contributed by atoms with Crippen molar-refractivity contribution in [1.29, 1.82) is 0 Å². The highest BCUT2D eigenvalue weighted by molar-refractivity contribution is 5.75. The molecule has 0 unspecified atom stereocenters. The van der Waals surface area contributed by atoms with Gasteiger partial charge in [-0.05, 0) is 44.4 Å². The summed E-state index contributed by atoms with van der Waals surface area (Å²) in [6.07, 6.45) is 11.0. The fourth-order valence-electron chi connectivity index (χ4n) is 4.00. The Morgan fingerprint density at radius 3 is 2.96 bits per heavy atom. The van der Waals surface area contributed by atoms with Crippen molar-refractivity contribution in [3.05, 3.63) is 18.0 Å². The third-order valence-corrected chi connectivity index (χ3v) is 5.48. The molecule has 2 N–H and O–H groups in total. The summed E-state index contributed by atoms with van der Waals surface area (Å²) in [4.78, 5) is 17.3. The standard InChI is InChI=1S/C17H27N5O/c23-17(20-15-6-8-21(12-15)11-13-4-5-13)22-7-2-1-3-16(22)14-9-18-19-10-14/h9-10,13,15-16H,1-8,11-12H2,(H,18,19)(H,20,23)/t15-,16+/m1/s1. The van der Waals surface area contributed by atoms with Crippen LogP contribution in [0.15, 0.2) is 12.4 Å². The van der Waals surface area contributed by atoms with E-state index in [4.69, 9.17) is 0 Å². The van der Waals surface area contributed by atoms with Crippen LogP contribution < -0.4 is 5.32 Å². The largest absolute Gasteiger partial charge is 0.334 e. The van der Waals surface area contributed by atoms with Crippen LogP contribution >= 0.6 is 0 Å². The topological polar surface area (TPSA) is 64.3 Å². The first-order chi connectivity index (χ1) is 11.3. The maximum absolute atomic E-state index is 12.8. The van der Waals surface area contributed by atoms with Gasteiger partial charge < -0.3 is 15.1 Å². The van der Waals surface area contributed by atoms with E-state index < -0.39 is 0 Å². The molecule has 3 aliphatic rings. The molecular weight excluding hydrogens is 290 g/mol. The van der Waals surface area contributed by atoms with E-state index in [-0.39, 0.29) is 12.1 Å². The van der Waals surface area contributed by atoms with Crippen LogP contribution in [0.5, 0.6) is 0 Å². The quantitative estimate of drug-likeness (QED) is 0.894. The second-order valence-electron chi connectivity index (χ2n) is 7.37. The second-order valence-corrected chi connectivity index (χ2v) is 7.37. The van der Waals surface area contributed by atoms with Gasteiger partial charge in [-0.1, -0.05) is 0 Å². The average molecular weight is 317 g/mol. The van der Waals surface area contributed by atoms with Crippen LogP contribution in [0.25, 0.3) is 0 Å². The molecule has 4 rings (SSSR count). The van der Waals surface area contributed by atoms with Gasteiger partial charge in [0.2, 0.25) is 0 Å².